The minimum Gasteiger partial charge on any atom is -0.496 e. The van der Waals surface area contributed by atoms with Crippen LogP contribution in [0, 0.1) is 10.5 Å². The molecule has 3 aromatic carbocycles. The van der Waals surface area contributed by atoms with Crippen LogP contribution in [0.1, 0.15) is 27.0 Å². The zero-order valence-electron chi connectivity index (χ0n) is 17.5. The molecule has 0 saturated carbocycles. The molecule has 0 aliphatic rings. The van der Waals surface area contributed by atoms with Gasteiger partial charge in [0, 0.05) is 5.56 Å². The topological polar surface area (TPSA) is 69.2 Å². The fourth-order valence-electron chi connectivity index (χ4n) is 2.76. The zero-order chi connectivity index (χ0) is 22.2. The van der Waals surface area contributed by atoms with Crippen molar-refractivity contribution in [1.29, 1.82) is 0 Å². The van der Waals surface area contributed by atoms with Crippen LogP contribution in [0.4, 0.5) is 0 Å². The van der Waals surface area contributed by atoms with Gasteiger partial charge in [0.2, 0.25) is 0 Å². The van der Waals surface area contributed by atoms with Gasteiger partial charge in [-0.3, -0.25) is 4.79 Å². The van der Waals surface area contributed by atoms with Crippen LogP contribution < -0.4 is 19.6 Å². The molecule has 0 aliphatic heterocycles. The maximum atomic E-state index is 12.3. The Morgan fingerprint density at radius 1 is 0.968 bits per heavy atom. The Labute approximate surface area is 195 Å². The Bertz CT molecular complexity index is 1080. The van der Waals surface area contributed by atoms with Gasteiger partial charge >= 0.3 is 0 Å². The molecule has 0 heterocycles. The number of hydrogen-bond donors (Lipinski definition) is 1. The third-order valence-electron chi connectivity index (χ3n) is 4.50. The lowest BCUT2D eigenvalue weighted by atomic mass is 10.2. The first-order valence-electron chi connectivity index (χ1n) is 9.53. The molecule has 0 fully saturated rings. The lowest BCUT2D eigenvalue weighted by molar-refractivity contribution is 0.0954. The van der Waals surface area contributed by atoms with E-state index < -0.39 is 0 Å². The summed E-state index contributed by atoms with van der Waals surface area (Å²) in [6, 6.07) is 18.9. The average molecular weight is 530 g/mol. The van der Waals surface area contributed by atoms with Gasteiger partial charge in [-0.05, 0) is 77.0 Å². The van der Waals surface area contributed by atoms with E-state index in [0.29, 0.717) is 29.4 Å². The van der Waals surface area contributed by atoms with Gasteiger partial charge in [0.05, 0.1) is 24.0 Å². The molecular weight excluding hydrogens is 507 g/mol. The first-order chi connectivity index (χ1) is 15.0. The second-order valence-corrected chi connectivity index (χ2v) is 7.90. The number of rotatable bonds is 8. The minimum absolute atomic E-state index is 0.323. The number of methoxy groups -OCH3 is 2. The Hall–Kier alpha value is -3.07. The SMILES string of the molecule is COc1cc(C(=O)N/N=C\c2ccc(OCc3ccc(C)cc3)c(OC)c2)ccc1I. The molecule has 3 rings (SSSR count). The number of hydrazone groups is 1. The van der Waals surface area contributed by atoms with Crippen LogP contribution in [0.15, 0.2) is 65.8 Å². The van der Waals surface area contributed by atoms with Crippen molar-refractivity contribution in [1.82, 2.24) is 5.43 Å². The summed E-state index contributed by atoms with van der Waals surface area (Å²) in [5, 5.41) is 4.04. The number of nitrogens with one attached hydrogen (secondary N) is 1. The summed E-state index contributed by atoms with van der Waals surface area (Å²) in [7, 11) is 3.15. The first kappa shape index (κ1) is 22.6. The molecule has 0 spiro atoms. The van der Waals surface area contributed by atoms with E-state index in [9.17, 15) is 4.79 Å². The molecule has 7 heteroatoms. The van der Waals surface area contributed by atoms with E-state index in [1.165, 1.54) is 5.56 Å². The van der Waals surface area contributed by atoms with Crippen LogP contribution in [0.25, 0.3) is 0 Å². The molecular formula is C24H23IN2O4. The van der Waals surface area contributed by atoms with Crippen molar-refractivity contribution in [3.05, 3.63) is 86.5 Å². The Kier molecular flexibility index (Phi) is 7.88. The highest BCUT2D eigenvalue weighted by Gasteiger charge is 2.09. The standard InChI is InChI=1S/C24H23IN2O4/c1-16-4-6-17(7-5-16)15-31-21-11-8-18(12-23(21)30-3)14-26-27-24(28)19-9-10-20(25)22(13-19)29-2/h4-14H,15H2,1-3H3,(H,27,28)/b26-14-. The Balaban J connectivity index is 1.63. The highest BCUT2D eigenvalue weighted by atomic mass is 127. The van der Waals surface area contributed by atoms with Gasteiger partial charge in [-0.1, -0.05) is 29.8 Å². The number of hydrogen-bond acceptors (Lipinski definition) is 5. The molecule has 160 valence electrons. The third kappa shape index (κ3) is 6.21. The van der Waals surface area contributed by atoms with E-state index >= 15 is 0 Å². The van der Waals surface area contributed by atoms with Crippen molar-refractivity contribution in [3.8, 4) is 17.2 Å². The Morgan fingerprint density at radius 2 is 1.71 bits per heavy atom. The van der Waals surface area contributed by atoms with Gasteiger partial charge in [-0.25, -0.2) is 5.43 Å². The molecule has 31 heavy (non-hydrogen) atoms. The summed E-state index contributed by atoms with van der Waals surface area (Å²) in [6.07, 6.45) is 1.55. The normalized spacial score (nSPS) is 10.7. The molecule has 0 unspecified atom stereocenters. The second-order valence-electron chi connectivity index (χ2n) is 6.73. The van der Waals surface area contributed by atoms with E-state index in [1.54, 1.807) is 38.6 Å². The summed E-state index contributed by atoms with van der Waals surface area (Å²) in [5.74, 6) is 1.54. The van der Waals surface area contributed by atoms with Crippen molar-refractivity contribution in [2.45, 2.75) is 13.5 Å². The van der Waals surface area contributed by atoms with Crippen molar-refractivity contribution in [2.24, 2.45) is 5.10 Å². The van der Waals surface area contributed by atoms with Gasteiger partial charge in [0.1, 0.15) is 12.4 Å². The van der Waals surface area contributed by atoms with Gasteiger partial charge in [-0.15, -0.1) is 0 Å². The van der Waals surface area contributed by atoms with Crippen molar-refractivity contribution in [2.75, 3.05) is 14.2 Å². The molecule has 0 radical (unpaired) electrons. The number of aryl methyl sites for hydroxylation is 1. The van der Waals surface area contributed by atoms with Crippen LogP contribution in [-0.2, 0) is 6.61 Å². The number of carbonyl (C=O) groups excluding carboxylic acids is 1. The predicted molar refractivity (Wildman–Crippen MR) is 129 cm³/mol. The highest BCUT2D eigenvalue weighted by Crippen LogP contribution is 2.28. The second kappa shape index (κ2) is 10.8. The summed E-state index contributed by atoms with van der Waals surface area (Å²) in [5.41, 5.74) is 6.03. The van der Waals surface area contributed by atoms with E-state index in [4.69, 9.17) is 14.2 Å². The third-order valence-corrected chi connectivity index (χ3v) is 5.39. The monoisotopic (exact) mass is 530 g/mol. The average Bonchev–Trinajstić information content (AvgIpc) is 2.79. The van der Waals surface area contributed by atoms with Gasteiger partial charge < -0.3 is 14.2 Å². The molecule has 0 aromatic heterocycles. The molecule has 6 nitrogen and oxygen atoms in total. The van der Waals surface area contributed by atoms with Crippen LogP contribution in [-0.4, -0.2) is 26.3 Å². The maximum absolute atomic E-state index is 12.3. The fourth-order valence-corrected chi connectivity index (χ4v) is 3.32. The highest BCUT2D eigenvalue weighted by molar-refractivity contribution is 14.1. The molecule has 1 amide bonds. The predicted octanol–water partition coefficient (Wildman–Crippen LogP) is 4.96. The summed E-state index contributed by atoms with van der Waals surface area (Å²) < 4.78 is 17.5. The molecule has 0 bridgehead atoms. The maximum Gasteiger partial charge on any atom is 0.271 e. The number of halogens is 1. The van der Waals surface area contributed by atoms with Gasteiger partial charge in [0.15, 0.2) is 11.5 Å². The van der Waals surface area contributed by atoms with Gasteiger partial charge in [-0.2, -0.15) is 5.10 Å². The number of nitrogens with zero attached hydrogens (tertiary/aromatic N) is 1. The molecule has 3 aromatic rings. The fraction of sp³-hybridized carbons (Fsp3) is 0.167. The van der Waals surface area contributed by atoms with E-state index in [2.05, 4.69) is 45.3 Å². The largest absolute Gasteiger partial charge is 0.496 e. The number of carbonyl (C=O) groups is 1. The lowest BCUT2D eigenvalue weighted by Crippen LogP contribution is -2.17. The Morgan fingerprint density at radius 3 is 2.42 bits per heavy atom. The van der Waals surface area contributed by atoms with E-state index in [0.717, 1.165) is 14.7 Å². The smallest absolute Gasteiger partial charge is 0.271 e. The van der Waals surface area contributed by atoms with Crippen molar-refractivity contribution >= 4 is 34.7 Å². The molecule has 1 N–H and O–H groups in total. The molecule has 0 aliphatic carbocycles. The van der Waals surface area contributed by atoms with Crippen molar-refractivity contribution in [3.63, 3.8) is 0 Å². The minimum atomic E-state index is -0.323. The van der Waals surface area contributed by atoms with Crippen LogP contribution in [0.3, 0.4) is 0 Å². The number of benzene rings is 3. The summed E-state index contributed by atoms with van der Waals surface area (Å²) in [4.78, 5) is 12.3. The first-order valence-corrected chi connectivity index (χ1v) is 10.6. The molecule has 0 atom stereocenters. The summed E-state index contributed by atoms with van der Waals surface area (Å²) >= 11 is 2.15. The lowest BCUT2D eigenvalue weighted by Gasteiger charge is -2.11. The quantitative estimate of drug-likeness (QED) is 0.254. The van der Waals surface area contributed by atoms with Crippen molar-refractivity contribution < 1.29 is 19.0 Å². The van der Waals surface area contributed by atoms with Gasteiger partial charge in [0.25, 0.3) is 5.91 Å². The number of ether oxygens (including phenoxy) is 3. The molecule has 0 saturated heterocycles. The van der Waals surface area contributed by atoms with Crippen LogP contribution >= 0.6 is 22.6 Å². The number of amides is 1. The zero-order valence-corrected chi connectivity index (χ0v) is 19.7. The van der Waals surface area contributed by atoms with E-state index in [1.807, 2.05) is 37.3 Å². The van der Waals surface area contributed by atoms with Crippen LogP contribution in [0.5, 0.6) is 17.2 Å². The summed E-state index contributed by atoms with van der Waals surface area (Å²) in [6.45, 7) is 2.49. The van der Waals surface area contributed by atoms with Crippen LogP contribution in [0.2, 0.25) is 0 Å². The van der Waals surface area contributed by atoms with E-state index in [-0.39, 0.29) is 5.91 Å².